The van der Waals surface area contributed by atoms with Crippen LogP contribution >= 0.6 is 0 Å². The van der Waals surface area contributed by atoms with Crippen LogP contribution in [0.2, 0.25) is 0 Å². The highest BCUT2D eigenvalue weighted by Crippen LogP contribution is 2.30. The monoisotopic (exact) mass is 360 g/mol. The Bertz CT molecular complexity index is 953. The molecule has 0 radical (unpaired) electrons. The van der Waals surface area contributed by atoms with E-state index in [0.29, 0.717) is 0 Å². The van der Waals surface area contributed by atoms with Crippen LogP contribution in [0.25, 0.3) is 10.9 Å². The second kappa shape index (κ2) is 7.78. The smallest absolute Gasteiger partial charge is 0.244 e. The summed E-state index contributed by atoms with van der Waals surface area (Å²) in [5.74, 6) is 0.253. The molecular weight excluding hydrogens is 336 g/mol. The van der Waals surface area contributed by atoms with E-state index < -0.39 is 0 Å². The van der Waals surface area contributed by atoms with Crippen molar-refractivity contribution in [2.45, 2.75) is 38.6 Å². The molecule has 2 aromatic carbocycles. The van der Waals surface area contributed by atoms with Gasteiger partial charge in [0, 0.05) is 34.3 Å². The molecule has 1 heterocycles. The van der Waals surface area contributed by atoms with Gasteiger partial charge in [0.25, 0.3) is 0 Å². The first-order valence-electron chi connectivity index (χ1n) is 9.69. The summed E-state index contributed by atoms with van der Waals surface area (Å²) in [7, 11) is 0. The molecule has 1 amide bonds. The molecule has 1 fully saturated rings. The van der Waals surface area contributed by atoms with Gasteiger partial charge in [-0.3, -0.25) is 9.59 Å². The van der Waals surface area contributed by atoms with Gasteiger partial charge in [-0.2, -0.15) is 0 Å². The lowest BCUT2D eigenvalue weighted by Gasteiger charge is -2.19. The van der Waals surface area contributed by atoms with Crippen LogP contribution < -0.4 is 5.32 Å². The predicted octanol–water partition coefficient (Wildman–Crippen LogP) is 5.04. The number of aromatic nitrogens is 1. The van der Waals surface area contributed by atoms with Crippen LogP contribution in [0.5, 0.6) is 0 Å². The van der Waals surface area contributed by atoms with E-state index in [-0.39, 0.29) is 24.2 Å². The number of ketones is 1. The molecule has 1 aromatic heterocycles. The predicted molar refractivity (Wildman–Crippen MR) is 108 cm³/mol. The molecule has 27 heavy (non-hydrogen) atoms. The van der Waals surface area contributed by atoms with Crippen molar-refractivity contribution in [3.05, 3.63) is 66.4 Å². The summed E-state index contributed by atoms with van der Waals surface area (Å²) in [5.41, 5.74) is 2.46. The third-order valence-electron chi connectivity index (χ3n) is 5.40. The Balaban J connectivity index is 1.59. The molecule has 0 unspecified atom stereocenters. The first-order chi connectivity index (χ1) is 13.2. The van der Waals surface area contributed by atoms with Gasteiger partial charge in [0.15, 0.2) is 5.78 Å². The fourth-order valence-corrected chi connectivity index (χ4v) is 4.04. The minimum atomic E-state index is -0.0985. The molecule has 0 aliphatic heterocycles. The first kappa shape index (κ1) is 17.5. The summed E-state index contributed by atoms with van der Waals surface area (Å²) in [5, 5.41) is 3.86. The zero-order chi connectivity index (χ0) is 18.6. The summed E-state index contributed by atoms with van der Waals surface area (Å²) < 4.78 is 1.89. The van der Waals surface area contributed by atoms with Crippen molar-refractivity contribution in [3.63, 3.8) is 0 Å². The number of amides is 1. The Kier molecular flexibility index (Phi) is 5.05. The van der Waals surface area contributed by atoms with E-state index in [1.165, 1.54) is 6.42 Å². The summed E-state index contributed by atoms with van der Waals surface area (Å²) >= 11 is 0. The Hall–Kier alpha value is -2.88. The normalized spacial score (nSPS) is 15.0. The number of hydrogen-bond acceptors (Lipinski definition) is 2. The minimum absolute atomic E-state index is 0.0985. The van der Waals surface area contributed by atoms with Gasteiger partial charge in [-0.1, -0.05) is 55.7 Å². The Morgan fingerprint density at radius 1 is 0.926 bits per heavy atom. The number of rotatable bonds is 5. The van der Waals surface area contributed by atoms with Gasteiger partial charge in [0.2, 0.25) is 5.91 Å². The molecule has 3 aromatic rings. The van der Waals surface area contributed by atoms with Crippen LogP contribution in [0.1, 0.15) is 42.5 Å². The highest BCUT2D eigenvalue weighted by molar-refractivity contribution is 6.09. The Labute approximate surface area is 159 Å². The van der Waals surface area contributed by atoms with Crippen LogP contribution in [0.4, 0.5) is 5.69 Å². The quantitative estimate of drug-likeness (QED) is 0.648. The van der Waals surface area contributed by atoms with Crippen LogP contribution in [0.3, 0.4) is 0 Å². The number of hydrogen-bond donors (Lipinski definition) is 1. The molecule has 0 spiro atoms. The number of Topliss-reactive ketones (excluding diaryl/α,β-unsaturated/α-hetero) is 1. The van der Waals surface area contributed by atoms with Crippen molar-refractivity contribution in [3.8, 4) is 0 Å². The second-order valence-corrected chi connectivity index (χ2v) is 7.30. The van der Waals surface area contributed by atoms with Crippen molar-refractivity contribution in [2.75, 3.05) is 5.32 Å². The van der Waals surface area contributed by atoms with E-state index in [4.69, 9.17) is 0 Å². The molecule has 0 saturated heterocycles. The van der Waals surface area contributed by atoms with E-state index in [9.17, 15) is 9.59 Å². The summed E-state index contributed by atoms with van der Waals surface area (Å²) in [6, 6.07) is 17.3. The zero-order valence-electron chi connectivity index (χ0n) is 15.4. The molecule has 0 atom stereocenters. The maximum absolute atomic E-state index is 13.1. The van der Waals surface area contributed by atoms with Crippen molar-refractivity contribution < 1.29 is 9.59 Å². The number of fused-ring (bicyclic) bond motifs is 1. The van der Waals surface area contributed by atoms with Crippen molar-refractivity contribution >= 4 is 28.3 Å². The fraction of sp³-hybridized carbons (Fsp3) is 0.304. The highest BCUT2D eigenvalue weighted by atomic mass is 16.2. The number of nitrogens with one attached hydrogen (secondary N) is 1. The summed E-state index contributed by atoms with van der Waals surface area (Å²) in [6.07, 6.45) is 7.32. The molecule has 4 heteroatoms. The van der Waals surface area contributed by atoms with Gasteiger partial charge in [-0.25, -0.2) is 0 Å². The van der Waals surface area contributed by atoms with Gasteiger partial charge >= 0.3 is 0 Å². The Morgan fingerprint density at radius 2 is 1.63 bits per heavy atom. The lowest BCUT2D eigenvalue weighted by Crippen LogP contribution is -2.19. The molecule has 1 saturated carbocycles. The van der Waals surface area contributed by atoms with Gasteiger partial charge in [0.05, 0.1) is 0 Å². The minimum Gasteiger partial charge on any atom is -0.337 e. The van der Waals surface area contributed by atoms with Crippen LogP contribution in [-0.2, 0) is 11.3 Å². The lowest BCUT2D eigenvalue weighted by atomic mass is 9.84. The third-order valence-corrected chi connectivity index (χ3v) is 5.40. The number of benzene rings is 2. The molecule has 138 valence electrons. The standard InChI is InChI=1S/C23H24N2O2/c26-22(24-18-11-5-2-6-12-18)16-25-15-20(19-13-7-8-14-21(19)25)23(27)17-9-3-1-4-10-17/h2,5-8,11-15,17H,1,3-4,9-10,16H2,(H,24,26). The molecule has 4 rings (SSSR count). The average Bonchev–Trinajstić information content (AvgIpc) is 3.07. The van der Waals surface area contributed by atoms with E-state index in [1.807, 2.05) is 65.4 Å². The van der Waals surface area contributed by atoms with Gasteiger partial charge in [-0.15, -0.1) is 0 Å². The first-order valence-corrected chi connectivity index (χ1v) is 9.69. The number of carbonyl (C=O) groups is 2. The highest BCUT2D eigenvalue weighted by Gasteiger charge is 2.25. The molecule has 1 aliphatic rings. The molecule has 4 nitrogen and oxygen atoms in total. The number of para-hydroxylation sites is 2. The van der Waals surface area contributed by atoms with Crippen LogP contribution in [0.15, 0.2) is 60.8 Å². The van der Waals surface area contributed by atoms with Gasteiger partial charge < -0.3 is 9.88 Å². The molecular formula is C23H24N2O2. The fourth-order valence-electron chi connectivity index (χ4n) is 4.04. The van der Waals surface area contributed by atoms with Crippen LogP contribution in [-0.4, -0.2) is 16.3 Å². The van der Waals surface area contributed by atoms with Crippen molar-refractivity contribution in [1.29, 1.82) is 0 Å². The second-order valence-electron chi connectivity index (χ2n) is 7.30. The number of carbonyl (C=O) groups excluding carboxylic acids is 2. The van der Waals surface area contributed by atoms with Gasteiger partial charge in [-0.05, 0) is 31.0 Å². The number of nitrogens with zero attached hydrogens (tertiary/aromatic N) is 1. The average molecular weight is 360 g/mol. The van der Waals surface area contributed by atoms with Crippen molar-refractivity contribution in [2.24, 2.45) is 5.92 Å². The van der Waals surface area contributed by atoms with E-state index in [1.54, 1.807) is 0 Å². The zero-order valence-corrected chi connectivity index (χ0v) is 15.4. The van der Waals surface area contributed by atoms with E-state index in [0.717, 1.165) is 47.8 Å². The van der Waals surface area contributed by atoms with Crippen LogP contribution in [0, 0.1) is 5.92 Å². The molecule has 0 bridgehead atoms. The summed E-state index contributed by atoms with van der Waals surface area (Å²) in [6.45, 7) is 0.188. The lowest BCUT2D eigenvalue weighted by molar-refractivity contribution is -0.116. The maximum atomic E-state index is 13.1. The topological polar surface area (TPSA) is 51.1 Å². The SMILES string of the molecule is O=C(Cn1cc(C(=O)C2CCCCC2)c2ccccc21)Nc1ccccc1. The summed E-state index contributed by atoms with van der Waals surface area (Å²) in [4.78, 5) is 25.6. The van der Waals surface area contributed by atoms with Gasteiger partial charge in [0.1, 0.15) is 6.54 Å². The third kappa shape index (κ3) is 3.80. The van der Waals surface area contributed by atoms with E-state index in [2.05, 4.69) is 5.32 Å². The molecule has 1 N–H and O–H groups in total. The maximum Gasteiger partial charge on any atom is 0.244 e. The number of anilines is 1. The Morgan fingerprint density at radius 3 is 2.41 bits per heavy atom. The van der Waals surface area contributed by atoms with E-state index >= 15 is 0 Å². The van der Waals surface area contributed by atoms with Crippen molar-refractivity contribution in [1.82, 2.24) is 4.57 Å². The molecule has 1 aliphatic carbocycles. The largest absolute Gasteiger partial charge is 0.337 e.